The van der Waals surface area contributed by atoms with E-state index in [0.29, 0.717) is 5.54 Å². The molecule has 1 rings (SSSR count). The fourth-order valence-corrected chi connectivity index (χ4v) is 9.68. The van der Waals surface area contributed by atoms with Gasteiger partial charge >= 0.3 is 17.8 Å². The smallest absolute Gasteiger partial charge is 0.345 e. The van der Waals surface area contributed by atoms with Crippen LogP contribution in [0.25, 0.3) is 0 Å². The van der Waals surface area contributed by atoms with E-state index in [9.17, 15) is 0 Å². The van der Waals surface area contributed by atoms with Crippen LogP contribution in [0.2, 0.25) is 16.6 Å². The summed E-state index contributed by atoms with van der Waals surface area (Å²) in [6, 6.07) is 1.22. The van der Waals surface area contributed by atoms with Crippen LogP contribution in [0.1, 0.15) is 66.7 Å². The molecule has 0 aliphatic heterocycles. The maximum atomic E-state index is 5.63. The molecule has 0 aromatic carbocycles. The second kappa shape index (κ2) is 11.8. The third-order valence-electron chi connectivity index (χ3n) is 5.19. The zero-order valence-electron chi connectivity index (χ0n) is 17.6. The maximum Gasteiger partial charge on any atom is 0.345 e. The van der Waals surface area contributed by atoms with Gasteiger partial charge in [0.25, 0.3) is 0 Å². The molecule has 0 aromatic rings. The van der Waals surface area contributed by atoms with Crippen LogP contribution in [0, 0.1) is 5.92 Å². The molecule has 0 radical (unpaired) electrons. The van der Waals surface area contributed by atoms with Crippen molar-refractivity contribution in [3.63, 3.8) is 0 Å². The van der Waals surface area contributed by atoms with E-state index in [-0.39, 0.29) is 5.04 Å². The summed E-state index contributed by atoms with van der Waals surface area (Å²) in [4.78, 5) is 0. The van der Waals surface area contributed by atoms with E-state index in [1.165, 1.54) is 38.1 Å². The number of hydrogen-bond acceptors (Lipinski definition) is 4. The molecule has 0 atom stereocenters. The van der Waals surface area contributed by atoms with Gasteiger partial charge in [-0.15, -0.1) is 0 Å². The van der Waals surface area contributed by atoms with Crippen molar-refractivity contribution in [2.45, 2.75) is 83.3 Å². The zero-order chi connectivity index (χ0) is 18.8. The summed E-state index contributed by atoms with van der Waals surface area (Å²) >= 11 is 0. The molecule has 1 fully saturated rings. The molecule has 0 N–H and O–H groups in total. The van der Waals surface area contributed by atoms with Crippen LogP contribution >= 0.6 is 0 Å². The Hall–Kier alpha value is 0.274. The molecule has 1 aliphatic carbocycles. The van der Waals surface area contributed by atoms with Gasteiger partial charge < -0.3 is 17.7 Å². The molecule has 0 unspecified atom stereocenters. The van der Waals surface area contributed by atoms with E-state index in [4.69, 9.17) is 17.7 Å². The van der Waals surface area contributed by atoms with Crippen molar-refractivity contribution in [3.8, 4) is 0 Å². The second-order valence-corrected chi connectivity index (χ2v) is 15.2. The van der Waals surface area contributed by atoms with Gasteiger partial charge in [0.15, 0.2) is 0 Å². The molecule has 1 aliphatic rings. The van der Waals surface area contributed by atoms with Crippen molar-refractivity contribution in [3.05, 3.63) is 0 Å². The van der Waals surface area contributed by atoms with Gasteiger partial charge in [-0.2, -0.15) is 0 Å². The minimum Gasteiger partial charge on any atom is -0.400 e. The third-order valence-corrected chi connectivity index (χ3v) is 12.1. The molecule has 0 heterocycles. The SMILES string of the molecule is CO[SiH](CC1CCCCC1)OC.CO[Si](OC)(C(C)C)C(C)(C)C. The molecule has 24 heavy (non-hydrogen) atoms. The molecular formula is C18H42O4Si2. The van der Waals surface area contributed by atoms with Gasteiger partial charge in [0, 0.05) is 33.5 Å². The normalized spacial score (nSPS) is 17.1. The third kappa shape index (κ3) is 7.26. The van der Waals surface area contributed by atoms with Crippen molar-refractivity contribution in [1.29, 1.82) is 0 Å². The van der Waals surface area contributed by atoms with Crippen LogP contribution in [-0.4, -0.2) is 46.3 Å². The fourth-order valence-electron chi connectivity index (χ4n) is 4.02. The average Bonchev–Trinajstić information content (AvgIpc) is 2.54. The molecule has 146 valence electrons. The largest absolute Gasteiger partial charge is 0.400 e. The Kier molecular flexibility index (Phi) is 11.9. The zero-order valence-corrected chi connectivity index (χ0v) is 19.8. The topological polar surface area (TPSA) is 36.9 Å². The molecule has 0 saturated heterocycles. The summed E-state index contributed by atoms with van der Waals surface area (Å²) in [6.45, 7) is 10.9. The lowest BCUT2D eigenvalue weighted by atomic mass is 9.91. The van der Waals surface area contributed by atoms with Crippen LogP contribution in [0.4, 0.5) is 0 Å². The molecule has 4 nitrogen and oxygen atoms in total. The molecular weight excluding hydrogens is 336 g/mol. The van der Waals surface area contributed by atoms with Gasteiger partial charge in [0.05, 0.1) is 0 Å². The molecule has 6 heteroatoms. The van der Waals surface area contributed by atoms with Gasteiger partial charge in [-0.1, -0.05) is 66.7 Å². The summed E-state index contributed by atoms with van der Waals surface area (Å²) in [5.41, 5.74) is 0.479. The molecule has 1 saturated carbocycles. The Morgan fingerprint density at radius 1 is 0.917 bits per heavy atom. The van der Waals surface area contributed by atoms with Crippen LogP contribution in [0.3, 0.4) is 0 Å². The summed E-state index contributed by atoms with van der Waals surface area (Å²) in [5.74, 6) is 0.898. The van der Waals surface area contributed by atoms with E-state index in [1.807, 2.05) is 0 Å². The Bertz CT molecular complexity index is 305. The first-order chi connectivity index (χ1) is 11.2. The molecule has 0 aromatic heterocycles. The first-order valence-electron chi connectivity index (χ1n) is 9.34. The van der Waals surface area contributed by atoms with Gasteiger partial charge in [0.1, 0.15) is 0 Å². The van der Waals surface area contributed by atoms with E-state index < -0.39 is 17.8 Å². The predicted octanol–water partition coefficient (Wildman–Crippen LogP) is 5.01. The Balaban J connectivity index is 0.000000441. The lowest BCUT2D eigenvalue weighted by Gasteiger charge is -2.41. The fraction of sp³-hybridized carbons (Fsp3) is 1.00. The summed E-state index contributed by atoms with van der Waals surface area (Å²) in [6.07, 6.45) is 7.06. The Morgan fingerprint density at radius 2 is 1.38 bits per heavy atom. The molecule has 0 amide bonds. The highest BCUT2D eigenvalue weighted by atomic mass is 28.4. The van der Waals surface area contributed by atoms with Crippen molar-refractivity contribution in [1.82, 2.24) is 0 Å². The minimum atomic E-state index is -2.02. The van der Waals surface area contributed by atoms with E-state index in [1.54, 1.807) is 28.4 Å². The summed E-state index contributed by atoms with van der Waals surface area (Å²) < 4.78 is 21.9. The maximum absolute atomic E-state index is 5.63. The summed E-state index contributed by atoms with van der Waals surface area (Å²) in [5, 5.41) is 0.130. The van der Waals surface area contributed by atoms with E-state index >= 15 is 0 Å². The van der Waals surface area contributed by atoms with Crippen LogP contribution in [0.15, 0.2) is 0 Å². The predicted molar refractivity (Wildman–Crippen MR) is 107 cm³/mol. The lowest BCUT2D eigenvalue weighted by molar-refractivity contribution is 0.204. The van der Waals surface area contributed by atoms with Crippen molar-refractivity contribution in [2.24, 2.45) is 5.92 Å². The monoisotopic (exact) mass is 378 g/mol. The van der Waals surface area contributed by atoms with Gasteiger partial charge in [-0.25, -0.2) is 0 Å². The van der Waals surface area contributed by atoms with Crippen LogP contribution in [-0.2, 0) is 17.7 Å². The standard InChI is InChI=1S/C9H20O2Si.C9H22O2Si/c1-10-12(11-2)8-9-6-4-3-5-7-9;1-8(2)12(10-6,11-7)9(3,4)5/h9,12H,3-8H2,1-2H3;8H,1-7H3. The minimum absolute atomic E-state index is 0.130. The number of hydrogen-bond donors (Lipinski definition) is 0. The first kappa shape index (κ1) is 24.3. The van der Waals surface area contributed by atoms with Gasteiger partial charge in [-0.05, 0) is 17.5 Å². The van der Waals surface area contributed by atoms with Crippen molar-refractivity contribution < 1.29 is 17.7 Å². The summed E-state index contributed by atoms with van der Waals surface area (Å²) in [7, 11) is 3.80. The highest BCUT2D eigenvalue weighted by Crippen LogP contribution is 2.43. The van der Waals surface area contributed by atoms with Gasteiger partial charge in [0.2, 0.25) is 0 Å². The van der Waals surface area contributed by atoms with Crippen LogP contribution in [0.5, 0.6) is 0 Å². The average molecular weight is 379 g/mol. The van der Waals surface area contributed by atoms with E-state index in [0.717, 1.165) is 5.92 Å². The molecule has 0 spiro atoms. The second-order valence-electron chi connectivity index (χ2n) is 8.12. The highest BCUT2D eigenvalue weighted by Gasteiger charge is 2.50. The Labute approximate surface area is 153 Å². The first-order valence-corrected chi connectivity index (χ1v) is 13.0. The molecule has 0 bridgehead atoms. The van der Waals surface area contributed by atoms with E-state index in [2.05, 4.69) is 34.6 Å². The van der Waals surface area contributed by atoms with Gasteiger partial charge in [-0.3, -0.25) is 0 Å². The van der Waals surface area contributed by atoms with Crippen LogP contribution < -0.4 is 0 Å². The highest BCUT2D eigenvalue weighted by molar-refractivity contribution is 6.71. The quantitative estimate of drug-likeness (QED) is 0.583. The lowest BCUT2D eigenvalue weighted by Crippen LogP contribution is -2.51. The van der Waals surface area contributed by atoms with Crippen molar-refractivity contribution in [2.75, 3.05) is 28.4 Å². The number of rotatable bonds is 7. The van der Waals surface area contributed by atoms with Crippen molar-refractivity contribution >= 4 is 17.8 Å². The Morgan fingerprint density at radius 3 is 1.62 bits per heavy atom.